The van der Waals surface area contributed by atoms with Crippen LogP contribution in [0.15, 0.2) is 42.5 Å². The van der Waals surface area contributed by atoms with E-state index in [1.165, 1.54) is 23.2 Å². The van der Waals surface area contributed by atoms with Gasteiger partial charge in [0.25, 0.3) is 5.91 Å². The van der Waals surface area contributed by atoms with Crippen molar-refractivity contribution in [2.75, 3.05) is 11.9 Å². The number of carbonyl (C=O) groups excluding carboxylic acids is 3. The average Bonchev–Trinajstić information content (AvgIpc) is 3.05. The second kappa shape index (κ2) is 8.58. The van der Waals surface area contributed by atoms with Gasteiger partial charge in [0.15, 0.2) is 11.9 Å². The number of likely N-dealkylation sites (N-methyl/N-ethyl adjacent to an activating group) is 1. The van der Waals surface area contributed by atoms with Gasteiger partial charge in [-0.25, -0.2) is 0 Å². The molecule has 1 amide bonds. The molecule has 0 saturated heterocycles. The summed E-state index contributed by atoms with van der Waals surface area (Å²) in [5.41, 5.74) is 0.721. The number of benzene rings is 1. The normalized spacial score (nSPS) is 11.6. The number of para-hydroxylation sites is 1. The molecule has 0 saturated carbocycles. The molecule has 6 heteroatoms. The monoisotopic (exact) mass is 359 g/mol. The van der Waals surface area contributed by atoms with Crippen molar-refractivity contribution in [1.29, 1.82) is 0 Å². The lowest BCUT2D eigenvalue weighted by molar-refractivity contribution is -0.153. The number of hydrogen-bond donors (Lipinski definition) is 0. The zero-order valence-corrected chi connectivity index (χ0v) is 15.3. The van der Waals surface area contributed by atoms with E-state index in [1.807, 2.05) is 31.2 Å². The predicted octanol–water partition coefficient (Wildman–Crippen LogP) is 3.61. The van der Waals surface area contributed by atoms with Gasteiger partial charge in [0, 0.05) is 24.0 Å². The van der Waals surface area contributed by atoms with Gasteiger partial charge in [0.05, 0.1) is 11.3 Å². The highest BCUT2D eigenvalue weighted by atomic mass is 32.1. The van der Waals surface area contributed by atoms with E-state index in [9.17, 15) is 14.4 Å². The molecule has 0 fully saturated rings. The molecule has 0 radical (unpaired) electrons. The van der Waals surface area contributed by atoms with Crippen molar-refractivity contribution in [1.82, 2.24) is 0 Å². The molecule has 0 bridgehead atoms. The Hall–Kier alpha value is -2.47. The molecule has 5 nitrogen and oxygen atoms in total. The van der Waals surface area contributed by atoms with Gasteiger partial charge in [-0.3, -0.25) is 14.4 Å². The Kier molecular flexibility index (Phi) is 6.47. The largest absolute Gasteiger partial charge is 0.453 e. The number of anilines is 1. The minimum absolute atomic E-state index is 0.0392. The fourth-order valence-electron chi connectivity index (χ4n) is 2.28. The van der Waals surface area contributed by atoms with E-state index in [-0.39, 0.29) is 24.5 Å². The number of esters is 1. The van der Waals surface area contributed by atoms with Crippen LogP contribution in [-0.2, 0) is 14.3 Å². The van der Waals surface area contributed by atoms with Crippen LogP contribution in [0.3, 0.4) is 0 Å². The van der Waals surface area contributed by atoms with Crippen molar-refractivity contribution in [3.05, 3.63) is 52.2 Å². The van der Waals surface area contributed by atoms with Gasteiger partial charge >= 0.3 is 5.97 Å². The molecule has 25 heavy (non-hydrogen) atoms. The van der Waals surface area contributed by atoms with E-state index in [2.05, 4.69) is 0 Å². The van der Waals surface area contributed by atoms with Gasteiger partial charge in [-0.1, -0.05) is 18.2 Å². The lowest BCUT2D eigenvalue weighted by Gasteiger charge is -2.21. The number of hydrogen-bond acceptors (Lipinski definition) is 5. The highest BCUT2D eigenvalue weighted by Gasteiger charge is 2.22. The van der Waals surface area contributed by atoms with Crippen molar-refractivity contribution >= 4 is 34.7 Å². The third-order valence-electron chi connectivity index (χ3n) is 3.70. The first-order valence-corrected chi connectivity index (χ1v) is 8.82. The smallest absolute Gasteiger partial charge is 0.307 e. The van der Waals surface area contributed by atoms with Crippen molar-refractivity contribution in [3.8, 4) is 0 Å². The van der Waals surface area contributed by atoms with Crippen LogP contribution in [0.4, 0.5) is 5.69 Å². The summed E-state index contributed by atoms with van der Waals surface area (Å²) >= 11 is 1.41. The number of aryl methyl sites for hydroxylation is 1. The lowest BCUT2D eigenvalue weighted by Crippen LogP contribution is -2.37. The first-order valence-electron chi connectivity index (χ1n) is 8.00. The van der Waals surface area contributed by atoms with Crippen LogP contribution in [0.2, 0.25) is 0 Å². The van der Waals surface area contributed by atoms with Gasteiger partial charge in [0.1, 0.15) is 0 Å². The molecule has 0 aliphatic carbocycles. The van der Waals surface area contributed by atoms with Crippen LogP contribution in [0.1, 0.15) is 34.3 Å². The summed E-state index contributed by atoms with van der Waals surface area (Å²) in [7, 11) is 1.63. The topological polar surface area (TPSA) is 63.7 Å². The van der Waals surface area contributed by atoms with Gasteiger partial charge in [0.2, 0.25) is 0 Å². The minimum Gasteiger partial charge on any atom is -0.453 e. The van der Waals surface area contributed by atoms with Crippen molar-refractivity contribution in [2.24, 2.45) is 0 Å². The van der Waals surface area contributed by atoms with Crippen LogP contribution < -0.4 is 4.90 Å². The number of thiophene rings is 1. The Morgan fingerprint density at radius 2 is 1.76 bits per heavy atom. The number of ether oxygens (including phenoxy) is 1. The van der Waals surface area contributed by atoms with Gasteiger partial charge in [-0.05, 0) is 38.1 Å². The van der Waals surface area contributed by atoms with Gasteiger partial charge < -0.3 is 9.64 Å². The molecular weight excluding hydrogens is 338 g/mol. The van der Waals surface area contributed by atoms with Crippen molar-refractivity contribution < 1.29 is 19.1 Å². The summed E-state index contributed by atoms with van der Waals surface area (Å²) in [6.07, 6.45) is -0.867. The van der Waals surface area contributed by atoms with Crippen LogP contribution in [-0.4, -0.2) is 30.8 Å². The SMILES string of the molecule is Cc1ccc(C(=O)CCC(=O)OC(C)C(=O)N(C)c2ccccc2)s1. The Labute approximate surface area is 151 Å². The zero-order chi connectivity index (χ0) is 18.4. The van der Waals surface area contributed by atoms with Crippen LogP contribution in [0.25, 0.3) is 0 Å². The van der Waals surface area contributed by atoms with Crippen molar-refractivity contribution in [2.45, 2.75) is 32.8 Å². The number of ketones is 1. The summed E-state index contributed by atoms with van der Waals surface area (Å²) in [5, 5.41) is 0. The van der Waals surface area contributed by atoms with Crippen LogP contribution in [0, 0.1) is 6.92 Å². The number of Topliss-reactive ketones (excluding diaryl/α,β-unsaturated/α-hetero) is 1. The fraction of sp³-hybridized carbons (Fsp3) is 0.316. The third-order valence-corrected chi connectivity index (χ3v) is 4.74. The quantitative estimate of drug-likeness (QED) is 0.559. The minimum atomic E-state index is -0.906. The maximum Gasteiger partial charge on any atom is 0.307 e. The Bertz CT molecular complexity index is 754. The van der Waals surface area contributed by atoms with E-state index in [1.54, 1.807) is 25.2 Å². The maximum absolute atomic E-state index is 12.3. The van der Waals surface area contributed by atoms with Crippen LogP contribution >= 0.6 is 11.3 Å². The molecule has 1 unspecified atom stereocenters. The molecule has 0 spiro atoms. The summed E-state index contributed by atoms with van der Waals surface area (Å²) < 4.78 is 5.17. The van der Waals surface area contributed by atoms with Gasteiger partial charge in [-0.2, -0.15) is 0 Å². The summed E-state index contributed by atoms with van der Waals surface area (Å²) in [5.74, 6) is -0.959. The maximum atomic E-state index is 12.3. The highest BCUT2D eigenvalue weighted by Crippen LogP contribution is 2.18. The molecule has 2 aromatic rings. The molecule has 132 valence electrons. The van der Waals surface area contributed by atoms with E-state index in [0.29, 0.717) is 4.88 Å². The van der Waals surface area contributed by atoms with Crippen molar-refractivity contribution in [3.63, 3.8) is 0 Å². The first-order chi connectivity index (χ1) is 11.9. The number of amides is 1. The number of rotatable bonds is 7. The van der Waals surface area contributed by atoms with Gasteiger partial charge in [-0.15, -0.1) is 11.3 Å². The Morgan fingerprint density at radius 3 is 2.36 bits per heavy atom. The molecule has 0 aliphatic rings. The molecule has 0 N–H and O–H groups in total. The lowest BCUT2D eigenvalue weighted by atomic mass is 10.2. The predicted molar refractivity (Wildman–Crippen MR) is 98.0 cm³/mol. The molecule has 1 aromatic heterocycles. The molecule has 2 rings (SSSR count). The summed E-state index contributed by atoms with van der Waals surface area (Å²) in [4.78, 5) is 39.4. The molecule has 1 aromatic carbocycles. The Balaban J connectivity index is 1.83. The van der Waals surface area contributed by atoms with E-state index in [4.69, 9.17) is 4.74 Å². The summed E-state index contributed by atoms with van der Waals surface area (Å²) in [6, 6.07) is 12.7. The number of carbonyl (C=O) groups is 3. The summed E-state index contributed by atoms with van der Waals surface area (Å²) in [6.45, 7) is 3.45. The third kappa shape index (κ3) is 5.26. The molecule has 1 heterocycles. The highest BCUT2D eigenvalue weighted by molar-refractivity contribution is 7.14. The second-order valence-electron chi connectivity index (χ2n) is 5.70. The fourth-order valence-corrected chi connectivity index (χ4v) is 3.12. The van der Waals surface area contributed by atoms with E-state index in [0.717, 1.165) is 10.6 Å². The second-order valence-corrected chi connectivity index (χ2v) is 6.99. The first kappa shape index (κ1) is 18.9. The van der Waals surface area contributed by atoms with E-state index < -0.39 is 12.1 Å². The zero-order valence-electron chi connectivity index (χ0n) is 14.5. The molecule has 1 atom stereocenters. The standard InChI is InChI=1S/C19H21NO4S/c1-13-9-11-17(25-13)16(21)10-12-18(22)24-14(2)19(23)20(3)15-7-5-4-6-8-15/h4-9,11,14H,10,12H2,1-3H3. The molecular formula is C19H21NO4S. The number of nitrogens with zero attached hydrogens (tertiary/aromatic N) is 1. The van der Waals surface area contributed by atoms with Crippen LogP contribution in [0.5, 0.6) is 0 Å². The Morgan fingerprint density at radius 1 is 1.08 bits per heavy atom. The molecule has 0 aliphatic heterocycles. The van der Waals surface area contributed by atoms with E-state index >= 15 is 0 Å². The average molecular weight is 359 g/mol.